The van der Waals surface area contributed by atoms with Gasteiger partial charge in [0.05, 0.1) is 11.9 Å². The third-order valence-corrected chi connectivity index (χ3v) is 4.29. The average Bonchev–Trinajstić information content (AvgIpc) is 3.30. The predicted molar refractivity (Wildman–Crippen MR) is 114 cm³/mol. The standard InChI is InChI=1S/C23H19N5O2/c29-23(28-25-15-18-7-4-12-24-14-18)22-13-21(26-27-22)19-8-10-20(11-9-19)30-16-17-5-2-1-3-6-17/h1-15H,16H2,(H,26,27)(H,28,29)/b25-15-. The summed E-state index contributed by atoms with van der Waals surface area (Å²) in [6, 6.07) is 22.9. The second-order valence-corrected chi connectivity index (χ2v) is 6.45. The summed E-state index contributed by atoms with van der Waals surface area (Å²) in [5, 5.41) is 10.9. The summed E-state index contributed by atoms with van der Waals surface area (Å²) >= 11 is 0. The normalized spacial score (nSPS) is 10.8. The Morgan fingerprint density at radius 2 is 1.90 bits per heavy atom. The van der Waals surface area contributed by atoms with E-state index in [0.29, 0.717) is 18.0 Å². The van der Waals surface area contributed by atoms with Crippen molar-refractivity contribution in [1.29, 1.82) is 0 Å². The molecule has 2 N–H and O–H groups in total. The molecule has 7 nitrogen and oxygen atoms in total. The highest BCUT2D eigenvalue weighted by Gasteiger charge is 2.10. The molecule has 0 aliphatic rings. The maximum absolute atomic E-state index is 12.2. The van der Waals surface area contributed by atoms with Crippen LogP contribution in [0.2, 0.25) is 0 Å². The molecule has 0 spiro atoms. The number of H-pyrrole nitrogens is 1. The number of ether oxygens (including phenoxy) is 1. The van der Waals surface area contributed by atoms with Crippen LogP contribution >= 0.6 is 0 Å². The maximum Gasteiger partial charge on any atom is 0.289 e. The Hall–Kier alpha value is -4.26. The summed E-state index contributed by atoms with van der Waals surface area (Å²) in [5.74, 6) is 0.387. The summed E-state index contributed by atoms with van der Waals surface area (Å²) in [5.41, 5.74) is 6.21. The van der Waals surface area contributed by atoms with E-state index in [4.69, 9.17) is 4.74 Å². The Labute approximate surface area is 173 Å². The van der Waals surface area contributed by atoms with Crippen molar-refractivity contribution in [2.75, 3.05) is 0 Å². The molecule has 4 aromatic rings. The summed E-state index contributed by atoms with van der Waals surface area (Å²) in [6.45, 7) is 0.506. The number of benzene rings is 2. The largest absolute Gasteiger partial charge is 0.489 e. The molecule has 7 heteroatoms. The number of pyridine rings is 1. The number of rotatable bonds is 7. The molecule has 0 aliphatic carbocycles. The number of hydrazone groups is 1. The highest BCUT2D eigenvalue weighted by Crippen LogP contribution is 2.22. The third-order valence-electron chi connectivity index (χ3n) is 4.29. The molecule has 0 bridgehead atoms. The molecule has 2 aromatic carbocycles. The molecule has 0 aliphatic heterocycles. The highest BCUT2D eigenvalue weighted by atomic mass is 16.5. The number of aromatic amines is 1. The zero-order chi connectivity index (χ0) is 20.6. The third kappa shape index (κ3) is 4.96. The van der Waals surface area contributed by atoms with Gasteiger partial charge in [-0.1, -0.05) is 36.4 Å². The van der Waals surface area contributed by atoms with Gasteiger partial charge in [-0.25, -0.2) is 5.43 Å². The first kappa shape index (κ1) is 19.1. The second kappa shape index (κ2) is 9.29. The average molecular weight is 397 g/mol. The van der Waals surface area contributed by atoms with E-state index in [0.717, 1.165) is 22.4 Å². The summed E-state index contributed by atoms with van der Waals surface area (Å²) in [6.07, 6.45) is 4.84. The van der Waals surface area contributed by atoms with Gasteiger partial charge >= 0.3 is 0 Å². The molecule has 2 aromatic heterocycles. The van der Waals surface area contributed by atoms with Gasteiger partial charge in [-0.3, -0.25) is 14.9 Å². The minimum atomic E-state index is -0.378. The minimum Gasteiger partial charge on any atom is -0.489 e. The van der Waals surface area contributed by atoms with Crippen molar-refractivity contribution in [2.24, 2.45) is 5.10 Å². The number of nitrogens with one attached hydrogen (secondary N) is 2. The van der Waals surface area contributed by atoms with Crippen LogP contribution in [0.4, 0.5) is 0 Å². The van der Waals surface area contributed by atoms with Crippen molar-refractivity contribution < 1.29 is 9.53 Å². The number of hydrogen-bond donors (Lipinski definition) is 2. The molecule has 0 unspecified atom stereocenters. The first-order valence-corrected chi connectivity index (χ1v) is 9.34. The van der Waals surface area contributed by atoms with Gasteiger partial charge in [0.25, 0.3) is 5.91 Å². The van der Waals surface area contributed by atoms with Gasteiger partial charge in [0.15, 0.2) is 0 Å². The summed E-state index contributed by atoms with van der Waals surface area (Å²) in [7, 11) is 0. The lowest BCUT2D eigenvalue weighted by Gasteiger charge is -2.06. The fourth-order valence-corrected chi connectivity index (χ4v) is 2.73. The van der Waals surface area contributed by atoms with E-state index in [2.05, 4.69) is 25.7 Å². The van der Waals surface area contributed by atoms with Crippen LogP contribution < -0.4 is 10.2 Å². The van der Waals surface area contributed by atoms with Gasteiger partial charge in [-0.05, 0) is 42.0 Å². The van der Waals surface area contributed by atoms with Gasteiger partial charge in [0.1, 0.15) is 18.1 Å². The zero-order valence-electron chi connectivity index (χ0n) is 16.0. The van der Waals surface area contributed by atoms with E-state index in [1.165, 1.54) is 6.21 Å². The van der Waals surface area contributed by atoms with Gasteiger partial charge in [0.2, 0.25) is 0 Å². The van der Waals surface area contributed by atoms with Gasteiger partial charge in [-0.2, -0.15) is 10.2 Å². The van der Waals surface area contributed by atoms with Crippen LogP contribution in [-0.4, -0.2) is 27.3 Å². The molecule has 4 rings (SSSR count). The minimum absolute atomic E-state index is 0.317. The Kier molecular flexibility index (Phi) is 5.91. The van der Waals surface area contributed by atoms with Crippen LogP contribution in [0.5, 0.6) is 5.75 Å². The zero-order valence-corrected chi connectivity index (χ0v) is 16.0. The molecule has 0 radical (unpaired) electrons. The molecule has 148 valence electrons. The number of carbonyl (C=O) groups is 1. The van der Waals surface area contributed by atoms with Crippen LogP contribution in [0, 0.1) is 0 Å². The highest BCUT2D eigenvalue weighted by molar-refractivity contribution is 5.94. The molecular weight excluding hydrogens is 378 g/mol. The van der Waals surface area contributed by atoms with Crippen molar-refractivity contribution >= 4 is 12.1 Å². The number of aromatic nitrogens is 3. The monoisotopic (exact) mass is 397 g/mol. The van der Waals surface area contributed by atoms with E-state index >= 15 is 0 Å². The second-order valence-electron chi connectivity index (χ2n) is 6.45. The molecule has 2 heterocycles. The molecule has 0 saturated heterocycles. The van der Waals surface area contributed by atoms with Crippen LogP contribution in [0.25, 0.3) is 11.3 Å². The molecule has 0 saturated carbocycles. The predicted octanol–water partition coefficient (Wildman–Crippen LogP) is 3.81. The first-order valence-electron chi connectivity index (χ1n) is 9.34. The molecule has 0 fully saturated rings. The first-order chi connectivity index (χ1) is 14.8. The fraction of sp³-hybridized carbons (Fsp3) is 0.0435. The van der Waals surface area contributed by atoms with E-state index in [1.807, 2.05) is 60.7 Å². The maximum atomic E-state index is 12.2. The van der Waals surface area contributed by atoms with Crippen LogP contribution in [-0.2, 0) is 6.61 Å². The lowest BCUT2D eigenvalue weighted by Crippen LogP contribution is -2.18. The molecular formula is C23H19N5O2. The lowest BCUT2D eigenvalue weighted by atomic mass is 10.1. The van der Waals surface area contributed by atoms with Crippen LogP contribution in [0.1, 0.15) is 21.6 Å². The lowest BCUT2D eigenvalue weighted by molar-refractivity contribution is 0.0950. The molecule has 1 amide bonds. The number of nitrogens with zero attached hydrogens (tertiary/aromatic N) is 3. The van der Waals surface area contributed by atoms with Gasteiger partial charge in [0, 0.05) is 23.5 Å². The van der Waals surface area contributed by atoms with Gasteiger partial charge in [-0.15, -0.1) is 0 Å². The number of hydrogen-bond acceptors (Lipinski definition) is 5. The number of amides is 1. The van der Waals surface area contributed by atoms with Crippen molar-refractivity contribution in [3.63, 3.8) is 0 Å². The van der Waals surface area contributed by atoms with Crippen LogP contribution in [0.3, 0.4) is 0 Å². The number of carbonyl (C=O) groups excluding carboxylic acids is 1. The van der Waals surface area contributed by atoms with Crippen molar-refractivity contribution in [2.45, 2.75) is 6.61 Å². The van der Waals surface area contributed by atoms with E-state index in [9.17, 15) is 4.79 Å². The summed E-state index contributed by atoms with van der Waals surface area (Å²) in [4.78, 5) is 16.2. The molecule has 30 heavy (non-hydrogen) atoms. The quantitative estimate of drug-likeness (QED) is 0.366. The van der Waals surface area contributed by atoms with E-state index < -0.39 is 0 Å². The summed E-state index contributed by atoms with van der Waals surface area (Å²) < 4.78 is 5.79. The Morgan fingerprint density at radius 3 is 2.67 bits per heavy atom. The van der Waals surface area contributed by atoms with Crippen molar-refractivity contribution in [1.82, 2.24) is 20.6 Å². The Morgan fingerprint density at radius 1 is 1.07 bits per heavy atom. The van der Waals surface area contributed by atoms with Crippen molar-refractivity contribution in [3.8, 4) is 17.0 Å². The van der Waals surface area contributed by atoms with Crippen LogP contribution in [0.15, 0.2) is 90.3 Å². The Bertz CT molecular complexity index is 1120. The Balaban J connectivity index is 1.35. The fourth-order valence-electron chi connectivity index (χ4n) is 2.73. The van der Waals surface area contributed by atoms with E-state index in [-0.39, 0.29) is 5.91 Å². The smallest absolute Gasteiger partial charge is 0.289 e. The van der Waals surface area contributed by atoms with E-state index in [1.54, 1.807) is 24.5 Å². The topological polar surface area (TPSA) is 92.3 Å². The van der Waals surface area contributed by atoms with Crippen molar-refractivity contribution in [3.05, 3.63) is 102 Å². The molecule has 0 atom stereocenters. The van der Waals surface area contributed by atoms with Gasteiger partial charge < -0.3 is 4.74 Å². The SMILES string of the molecule is O=C(N/N=C\c1cccnc1)c1cc(-c2ccc(OCc3ccccc3)cc2)n[nH]1.